The summed E-state index contributed by atoms with van der Waals surface area (Å²) in [5.41, 5.74) is 0.668. The Labute approximate surface area is 167 Å². The number of carbonyl (C=O) groups is 2. The van der Waals surface area contributed by atoms with Gasteiger partial charge in [0.2, 0.25) is 0 Å². The van der Waals surface area contributed by atoms with Crippen LogP contribution in [0.25, 0.3) is 11.3 Å². The lowest BCUT2D eigenvalue weighted by Gasteiger charge is -2.21. The summed E-state index contributed by atoms with van der Waals surface area (Å²) in [5, 5.41) is 22.4. The number of carboxylic acid groups (broad SMARTS) is 2. The van der Waals surface area contributed by atoms with Crippen LogP contribution >= 0.6 is 23.2 Å². The number of aliphatic carboxylic acids is 2. The second kappa shape index (κ2) is 9.26. The summed E-state index contributed by atoms with van der Waals surface area (Å²) in [4.78, 5) is 23.0. The Bertz CT molecular complexity index is 798. The molecule has 6 nitrogen and oxygen atoms in total. The molecule has 1 heterocycles. The fourth-order valence-corrected chi connectivity index (χ4v) is 3.24. The van der Waals surface area contributed by atoms with Crippen LogP contribution in [-0.2, 0) is 16.0 Å². The number of carboxylic acids is 2. The Balaban J connectivity index is 2.16. The van der Waals surface area contributed by atoms with E-state index in [1.165, 1.54) is 0 Å². The number of hydrogen-bond acceptors (Lipinski definition) is 4. The third-order valence-electron chi connectivity index (χ3n) is 3.92. The van der Waals surface area contributed by atoms with E-state index >= 15 is 0 Å². The van der Waals surface area contributed by atoms with Crippen molar-refractivity contribution in [2.24, 2.45) is 5.92 Å². The number of rotatable bonds is 9. The minimum absolute atomic E-state index is 0.00546. The van der Waals surface area contributed by atoms with Crippen molar-refractivity contribution in [1.29, 1.82) is 0 Å². The zero-order valence-corrected chi connectivity index (χ0v) is 16.4. The SMILES string of the molecule is CC(C)C[C@H](N[C@@H](Cc1ccc(-c2cc(Cl)cc(Cl)c2)o1)C(=O)O)C(=O)O. The van der Waals surface area contributed by atoms with E-state index in [1.807, 2.05) is 13.8 Å². The highest BCUT2D eigenvalue weighted by Crippen LogP contribution is 2.29. The van der Waals surface area contributed by atoms with Crippen LogP contribution < -0.4 is 5.32 Å². The molecule has 3 N–H and O–H groups in total. The molecule has 0 fully saturated rings. The molecule has 1 aromatic heterocycles. The molecule has 146 valence electrons. The van der Waals surface area contributed by atoms with Crippen LogP contribution in [0.3, 0.4) is 0 Å². The third kappa shape index (κ3) is 6.27. The van der Waals surface area contributed by atoms with Crippen LogP contribution in [0.15, 0.2) is 34.7 Å². The molecule has 2 aromatic rings. The molecule has 0 saturated heterocycles. The fraction of sp³-hybridized carbons (Fsp3) is 0.368. The van der Waals surface area contributed by atoms with Gasteiger partial charge in [-0.05, 0) is 42.7 Å². The summed E-state index contributed by atoms with van der Waals surface area (Å²) in [6.45, 7) is 3.75. The lowest BCUT2D eigenvalue weighted by molar-refractivity contribution is -0.143. The van der Waals surface area contributed by atoms with Crippen LogP contribution in [0.1, 0.15) is 26.0 Å². The van der Waals surface area contributed by atoms with Crippen molar-refractivity contribution >= 4 is 35.1 Å². The Morgan fingerprint density at radius 1 is 1.04 bits per heavy atom. The van der Waals surface area contributed by atoms with Gasteiger partial charge in [0.05, 0.1) is 0 Å². The van der Waals surface area contributed by atoms with Crippen molar-refractivity contribution < 1.29 is 24.2 Å². The molecule has 0 aliphatic heterocycles. The zero-order valence-electron chi connectivity index (χ0n) is 14.9. The quantitative estimate of drug-likeness (QED) is 0.565. The summed E-state index contributed by atoms with van der Waals surface area (Å²) in [5.74, 6) is -1.21. The smallest absolute Gasteiger partial charge is 0.321 e. The van der Waals surface area contributed by atoms with Gasteiger partial charge in [-0.15, -0.1) is 0 Å². The van der Waals surface area contributed by atoms with E-state index in [0.717, 1.165) is 0 Å². The third-order valence-corrected chi connectivity index (χ3v) is 4.36. The number of hydrogen-bond donors (Lipinski definition) is 3. The van der Waals surface area contributed by atoms with Gasteiger partial charge in [-0.25, -0.2) is 0 Å². The highest BCUT2D eigenvalue weighted by Gasteiger charge is 2.27. The van der Waals surface area contributed by atoms with E-state index in [0.29, 0.717) is 33.6 Å². The summed E-state index contributed by atoms with van der Waals surface area (Å²) < 4.78 is 5.72. The van der Waals surface area contributed by atoms with E-state index in [9.17, 15) is 19.8 Å². The predicted molar refractivity (Wildman–Crippen MR) is 103 cm³/mol. The van der Waals surface area contributed by atoms with Crippen molar-refractivity contribution in [3.05, 3.63) is 46.1 Å². The van der Waals surface area contributed by atoms with Gasteiger partial charge in [0, 0.05) is 22.0 Å². The maximum Gasteiger partial charge on any atom is 0.321 e. The Morgan fingerprint density at radius 2 is 1.63 bits per heavy atom. The summed E-state index contributed by atoms with van der Waals surface area (Å²) in [7, 11) is 0. The molecule has 0 unspecified atom stereocenters. The molecule has 0 amide bonds. The van der Waals surface area contributed by atoms with Crippen molar-refractivity contribution in [3.63, 3.8) is 0 Å². The Morgan fingerprint density at radius 3 is 2.15 bits per heavy atom. The summed E-state index contributed by atoms with van der Waals surface area (Å²) >= 11 is 12.0. The maximum atomic E-state index is 11.6. The molecule has 0 radical (unpaired) electrons. The normalized spacial score (nSPS) is 13.5. The van der Waals surface area contributed by atoms with Crippen molar-refractivity contribution in [2.75, 3.05) is 0 Å². The first-order chi connectivity index (χ1) is 12.7. The van der Waals surface area contributed by atoms with Crippen LogP contribution in [0, 0.1) is 5.92 Å². The Kier molecular flexibility index (Phi) is 7.30. The molecule has 0 bridgehead atoms. The van der Waals surface area contributed by atoms with Gasteiger partial charge in [0.15, 0.2) is 0 Å². The number of furan rings is 1. The molecule has 2 atom stereocenters. The average Bonchev–Trinajstić information content (AvgIpc) is 3.00. The fourth-order valence-electron chi connectivity index (χ4n) is 2.71. The van der Waals surface area contributed by atoms with Crippen LogP contribution in [0.4, 0.5) is 0 Å². The minimum atomic E-state index is -1.14. The lowest BCUT2D eigenvalue weighted by atomic mass is 10.0. The monoisotopic (exact) mass is 413 g/mol. The van der Waals surface area contributed by atoms with Crippen molar-refractivity contribution in [2.45, 2.75) is 38.8 Å². The molecule has 0 saturated carbocycles. The van der Waals surface area contributed by atoms with Crippen molar-refractivity contribution in [3.8, 4) is 11.3 Å². The summed E-state index contributed by atoms with van der Waals surface area (Å²) in [6.07, 6.45) is 0.328. The molecular formula is C19H21Cl2NO5. The van der Waals surface area contributed by atoms with Gasteiger partial charge in [0.1, 0.15) is 23.6 Å². The van der Waals surface area contributed by atoms with Gasteiger partial charge < -0.3 is 14.6 Å². The second-order valence-electron chi connectivity index (χ2n) is 6.71. The minimum Gasteiger partial charge on any atom is -0.480 e. The lowest BCUT2D eigenvalue weighted by Crippen LogP contribution is -2.48. The number of benzene rings is 1. The molecule has 2 rings (SSSR count). The molecule has 0 aliphatic rings. The van der Waals surface area contributed by atoms with Gasteiger partial charge in [-0.3, -0.25) is 14.9 Å². The number of halogens is 2. The van der Waals surface area contributed by atoms with Gasteiger partial charge in [0.25, 0.3) is 0 Å². The van der Waals surface area contributed by atoms with Crippen LogP contribution in [0.5, 0.6) is 0 Å². The Hall–Kier alpha value is -2.02. The van der Waals surface area contributed by atoms with E-state index < -0.39 is 24.0 Å². The largest absolute Gasteiger partial charge is 0.480 e. The first-order valence-corrected chi connectivity index (χ1v) is 9.18. The molecule has 0 aliphatic carbocycles. The highest BCUT2D eigenvalue weighted by molar-refractivity contribution is 6.35. The maximum absolute atomic E-state index is 11.6. The first-order valence-electron chi connectivity index (χ1n) is 8.42. The van der Waals surface area contributed by atoms with Gasteiger partial charge >= 0.3 is 11.9 Å². The van der Waals surface area contributed by atoms with Crippen LogP contribution in [-0.4, -0.2) is 34.2 Å². The van der Waals surface area contributed by atoms with Crippen LogP contribution in [0.2, 0.25) is 10.0 Å². The first kappa shape index (κ1) is 21.3. The van der Waals surface area contributed by atoms with E-state index in [1.54, 1.807) is 30.3 Å². The molecule has 8 heteroatoms. The average molecular weight is 414 g/mol. The molecule has 27 heavy (non-hydrogen) atoms. The van der Waals surface area contributed by atoms with Gasteiger partial charge in [-0.2, -0.15) is 0 Å². The second-order valence-corrected chi connectivity index (χ2v) is 7.58. The van der Waals surface area contributed by atoms with Gasteiger partial charge in [-0.1, -0.05) is 37.0 Å². The summed E-state index contributed by atoms with van der Waals surface area (Å²) in [6, 6.07) is 6.28. The predicted octanol–water partition coefficient (Wildman–Crippen LogP) is 4.34. The number of nitrogens with one attached hydrogen (secondary N) is 1. The highest BCUT2D eigenvalue weighted by atomic mass is 35.5. The van der Waals surface area contributed by atoms with E-state index in [4.69, 9.17) is 27.6 Å². The zero-order chi connectivity index (χ0) is 20.1. The topological polar surface area (TPSA) is 99.8 Å². The van der Waals surface area contributed by atoms with Crippen molar-refractivity contribution in [1.82, 2.24) is 5.32 Å². The van der Waals surface area contributed by atoms with E-state index in [-0.39, 0.29) is 12.3 Å². The van der Waals surface area contributed by atoms with E-state index in [2.05, 4.69) is 5.32 Å². The molecule has 1 aromatic carbocycles. The molecular weight excluding hydrogens is 393 g/mol. The molecule has 0 spiro atoms. The standard InChI is InChI=1S/C19H21Cl2NO5/c1-10(2)5-15(18(23)24)22-16(19(25)26)9-14-3-4-17(27-14)11-6-12(20)8-13(21)7-11/h3-4,6-8,10,15-16,22H,5,9H2,1-2H3,(H,23,24)(H,25,26)/t15-,16-/m0/s1.